The molecule has 0 bridgehead atoms. The number of nitrogens with zero attached hydrogens (tertiary/aromatic N) is 4. The standard InChI is InChI=1S/C46H90N4O3/c1-4-7-10-13-16-18-21-26-35-47(34-25-20-15-12-9-6-3)37-28-23-32-45(52)49-40-42-50(43-41-49)46(53)33-24-29-38-48(39-30-31-44-51)36-27-22-19-17-14-11-8-5-2/h44H,4-43H2,1-3H3. The zero-order chi connectivity index (χ0) is 38.5. The molecule has 2 amide bonds. The molecule has 1 heterocycles. The van der Waals surface area contributed by atoms with Crippen LogP contribution in [-0.2, 0) is 14.4 Å². The molecule has 0 aromatic heterocycles. The third-order valence-electron chi connectivity index (χ3n) is 11.5. The minimum absolute atomic E-state index is 0.245. The summed E-state index contributed by atoms with van der Waals surface area (Å²) in [6.45, 7) is 16.2. The zero-order valence-corrected chi connectivity index (χ0v) is 35.9. The van der Waals surface area contributed by atoms with E-state index in [1.165, 1.54) is 154 Å². The van der Waals surface area contributed by atoms with E-state index in [2.05, 4.69) is 30.6 Å². The van der Waals surface area contributed by atoms with Gasteiger partial charge in [0.2, 0.25) is 11.8 Å². The van der Waals surface area contributed by atoms with Gasteiger partial charge in [-0.05, 0) is 90.6 Å². The van der Waals surface area contributed by atoms with Crippen LogP contribution in [0, 0.1) is 0 Å². The molecule has 0 saturated carbocycles. The Balaban J connectivity index is 2.28. The highest BCUT2D eigenvalue weighted by Gasteiger charge is 2.23. The van der Waals surface area contributed by atoms with Gasteiger partial charge in [-0.2, -0.15) is 0 Å². The van der Waals surface area contributed by atoms with Gasteiger partial charge >= 0.3 is 0 Å². The van der Waals surface area contributed by atoms with Crippen LogP contribution in [0.3, 0.4) is 0 Å². The summed E-state index contributed by atoms with van der Waals surface area (Å²) in [6.07, 6.45) is 37.5. The summed E-state index contributed by atoms with van der Waals surface area (Å²) in [6, 6.07) is 0. The van der Waals surface area contributed by atoms with Crippen LogP contribution in [0.25, 0.3) is 0 Å². The second kappa shape index (κ2) is 37.5. The maximum Gasteiger partial charge on any atom is 0.222 e. The van der Waals surface area contributed by atoms with Gasteiger partial charge in [0.05, 0.1) is 0 Å². The van der Waals surface area contributed by atoms with Crippen LogP contribution < -0.4 is 0 Å². The molecule has 0 aromatic rings. The highest BCUT2D eigenvalue weighted by atomic mass is 16.2. The first-order valence-corrected chi connectivity index (χ1v) is 23.5. The van der Waals surface area contributed by atoms with Gasteiger partial charge in [0.1, 0.15) is 6.29 Å². The van der Waals surface area contributed by atoms with E-state index in [1.54, 1.807) is 0 Å². The van der Waals surface area contributed by atoms with E-state index in [0.29, 0.717) is 45.4 Å². The summed E-state index contributed by atoms with van der Waals surface area (Å²) >= 11 is 0. The number of hydrogen-bond donors (Lipinski definition) is 0. The maximum atomic E-state index is 13.1. The Kier molecular flexibility index (Phi) is 35.0. The molecule has 0 atom stereocenters. The highest BCUT2D eigenvalue weighted by Crippen LogP contribution is 2.14. The minimum Gasteiger partial charge on any atom is -0.339 e. The van der Waals surface area contributed by atoms with Crippen molar-refractivity contribution in [2.24, 2.45) is 0 Å². The number of amides is 2. The van der Waals surface area contributed by atoms with E-state index >= 15 is 0 Å². The van der Waals surface area contributed by atoms with E-state index in [1.807, 2.05) is 9.80 Å². The molecule has 7 nitrogen and oxygen atoms in total. The Morgan fingerprint density at radius 1 is 0.396 bits per heavy atom. The fourth-order valence-corrected chi connectivity index (χ4v) is 7.87. The molecular weight excluding hydrogens is 657 g/mol. The first-order chi connectivity index (χ1) is 26.0. The quantitative estimate of drug-likeness (QED) is 0.0463. The molecule has 0 unspecified atom stereocenters. The molecule has 1 aliphatic heterocycles. The number of piperazine rings is 1. The second-order valence-corrected chi connectivity index (χ2v) is 16.4. The summed E-state index contributed by atoms with van der Waals surface area (Å²) in [5.74, 6) is 0.517. The molecule has 53 heavy (non-hydrogen) atoms. The number of carbonyl (C=O) groups is 3. The summed E-state index contributed by atoms with van der Waals surface area (Å²) in [5.41, 5.74) is 0. The number of hydrogen-bond acceptors (Lipinski definition) is 5. The highest BCUT2D eigenvalue weighted by molar-refractivity contribution is 5.78. The molecule has 1 aliphatic rings. The van der Waals surface area contributed by atoms with E-state index in [0.717, 1.165) is 64.6 Å². The number of rotatable bonds is 39. The molecule has 312 valence electrons. The average Bonchev–Trinajstić information content (AvgIpc) is 3.17. The van der Waals surface area contributed by atoms with Crippen LogP contribution in [0.4, 0.5) is 0 Å². The van der Waals surface area contributed by atoms with Crippen molar-refractivity contribution in [2.75, 3.05) is 65.4 Å². The molecule has 1 saturated heterocycles. The minimum atomic E-state index is 0.245. The first kappa shape index (κ1) is 49.5. The van der Waals surface area contributed by atoms with Crippen molar-refractivity contribution in [2.45, 2.75) is 213 Å². The average molecular weight is 747 g/mol. The first-order valence-electron chi connectivity index (χ1n) is 23.5. The van der Waals surface area contributed by atoms with Crippen LogP contribution in [0.1, 0.15) is 213 Å². The summed E-state index contributed by atoms with van der Waals surface area (Å²) in [4.78, 5) is 46.1. The summed E-state index contributed by atoms with van der Waals surface area (Å²) in [5, 5.41) is 0. The van der Waals surface area contributed by atoms with Crippen LogP contribution in [0.5, 0.6) is 0 Å². The topological polar surface area (TPSA) is 64.2 Å². The van der Waals surface area contributed by atoms with Gasteiger partial charge in [0.15, 0.2) is 0 Å². The molecule has 0 spiro atoms. The van der Waals surface area contributed by atoms with Crippen molar-refractivity contribution < 1.29 is 14.4 Å². The van der Waals surface area contributed by atoms with Gasteiger partial charge in [-0.1, -0.05) is 143 Å². The number of carbonyl (C=O) groups excluding carboxylic acids is 3. The predicted molar refractivity (Wildman–Crippen MR) is 228 cm³/mol. The Hall–Kier alpha value is -1.47. The van der Waals surface area contributed by atoms with Crippen molar-refractivity contribution in [3.63, 3.8) is 0 Å². The lowest BCUT2D eigenvalue weighted by molar-refractivity contribution is -0.139. The Labute approximate surface area is 330 Å². The smallest absolute Gasteiger partial charge is 0.222 e. The van der Waals surface area contributed by atoms with Crippen molar-refractivity contribution in [3.8, 4) is 0 Å². The predicted octanol–water partition coefficient (Wildman–Crippen LogP) is 11.2. The molecule has 0 aliphatic carbocycles. The molecular formula is C46H90N4O3. The van der Waals surface area contributed by atoms with Gasteiger partial charge in [-0.3, -0.25) is 9.59 Å². The van der Waals surface area contributed by atoms with E-state index in [-0.39, 0.29) is 11.8 Å². The van der Waals surface area contributed by atoms with Crippen LogP contribution in [0.2, 0.25) is 0 Å². The number of aldehydes is 1. The lowest BCUT2D eigenvalue weighted by Crippen LogP contribution is -2.50. The third kappa shape index (κ3) is 29.5. The molecule has 0 radical (unpaired) electrons. The Bertz CT molecular complexity index is 832. The van der Waals surface area contributed by atoms with Gasteiger partial charge in [0.25, 0.3) is 0 Å². The molecule has 0 aromatic carbocycles. The molecule has 7 heteroatoms. The summed E-state index contributed by atoms with van der Waals surface area (Å²) < 4.78 is 0. The molecule has 0 N–H and O–H groups in total. The van der Waals surface area contributed by atoms with E-state index < -0.39 is 0 Å². The lowest BCUT2D eigenvalue weighted by Gasteiger charge is -2.35. The number of unbranched alkanes of at least 4 members (excludes halogenated alkanes) is 22. The third-order valence-corrected chi connectivity index (χ3v) is 11.5. The van der Waals surface area contributed by atoms with Crippen molar-refractivity contribution in [3.05, 3.63) is 0 Å². The monoisotopic (exact) mass is 747 g/mol. The Morgan fingerprint density at radius 2 is 0.660 bits per heavy atom. The largest absolute Gasteiger partial charge is 0.339 e. The summed E-state index contributed by atoms with van der Waals surface area (Å²) in [7, 11) is 0. The van der Waals surface area contributed by atoms with Gasteiger partial charge in [0, 0.05) is 45.4 Å². The van der Waals surface area contributed by atoms with Crippen molar-refractivity contribution in [1.82, 2.24) is 19.6 Å². The second-order valence-electron chi connectivity index (χ2n) is 16.4. The maximum absolute atomic E-state index is 13.1. The van der Waals surface area contributed by atoms with Gasteiger partial charge in [-0.25, -0.2) is 0 Å². The Morgan fingerprint density at radius 3 is 0.962 bits per heavy atom. The van der Waals surface area contributed by atoms with Gasteiger partial charge < -0.3 is 24.4 Å². The zero-order valence-electron chi connectivity index (χ0n) is 35.9. The fraction of sp³-hybridized carbons (Fsp3) is 0.935. The van der Waals surface area contributed by atoms with Crippen LogP contribution in [0.15, 0.2) is 0 Å². The van der Waals surface area contributed by atoms with E-state index in [9.17, 15) is 14.4 Å². The fourth-order valence-electron chi connectivity index (χ4n) is 7.87. The van der Waals surface area contributed by atoms with Crippen molar-refractivity contribution in [1.29, 1.82) is 0 Å². The van der Waals surface area contributed by atoms with Crippen LogP contribution in [-0.4, -0.2) is 103 Å². The molecule has 1 fully saturated rings. The lowest BCUT2D eigenvalue weighted by atomic mass is 10.1. The van der Waals surface area contributed by atoms with E-state index in [4.69, 9.17) is 0 Å². The van der Waals surface area contributed by atoms with Crippen molar-refractivity contribution >= 4 is 18.1 Å². The normalized spacial score (nSPS) is 13.5. The SMILES string of the molecule is CCCCCCCCCCN(CCCC=O)CCCCC(=O)N1CCN(C(=O)CCCCN(CCCCCCCC)CCCCCCCCCC)CC1. The van der Waals surface area contributed by atoms with Crippen LogP contribution >= 0.6 is 0 Å². The molecule has 1 rings (SSSR count). The van der Waals surface area contributed by atoms with Gasteiger partial charge in [-0.15, -0.1) is 0 Å².